The zero-order valence-electron chi connectivity index (χ0n) is 18.0. The molecule has 166 valence electrons. The summed E-state index contributed by atoms with van der Waals surface area (Å²) < 4.78 is 0. The monoisotopic (exact) mass is 449 g/mol. The van der Waals surface area contributed by atoms with Gasteiger partial charge in [0.05, 0.1) is 11.2 Å². The summed E-state index contributed by atoms with van der Waals surface area (Å²) in [7, 11) is 0. The number of amides is 1. The van der Waals surface area contributed by atoms with Crippen LogP contribution in [-0.4, -0.2) is 35.0 Å². The van der Waals surface area contributed by atoms with Crippen LogP contribution in [-0.2, 0) is 17.6 Å². The van der Waals surface area contributed by atoms with E-state index in [-0.39, 0.29) is 30.3 Å². The van der Waals surface area contributed by atoms with Gasteiger partial charge in [0.15, 0.2) is 0 Å². The number of halogens is 1. The van der Waals surface area contributed by atoms with Crippen molar-refractivity contribution in [2.24, 2.45) is 11.7 Å². The Morgan fingerprint density at radius 1 is 1.09 bits per heavy atom. The number of fused-ring (bicyclic) bond motifs is 2. The Bertz CT molecular complexity index is 1190. The molecule has 32 heavy (non-hydrogen) atoms. The van der Waals surface area contributed by atoms with Crippen molar-refractivity contribution in [3.05, 3.63) is 47.8 Å². The van der Waals surface area contributed by atoms with Crippen molar-refractivity contribution in [3.63, 3.8) is 0 Å². The molecular weight excluding hydrogens is 422 g/mol. The lowest BCUT2D eigenvalue weighted by molar-refractivity contribution is -0.117. The van der Waals surface area contributed by atoms with Gasteiger partial charge in [-0.1, -0.05) is 6.07 Å². The summed E-state index contributed by atoms with van der Waals surface area (Å²) in [6, 6.07) is 10.7. The molecule has 2 aliphatic carbocycles. The minimum Gasteiger partial charge on any atom is -0.369 e. The first-order valence-corrected chi connectivity index (χ1v) is 11.4. The minimum atomic E-state index is 0. The lowest BCUT2D eigenvalue weighted by Crippen LogP contribution is -2.27. The van der Waals surface area contributed by atoms with Crippen LogP contribution in [0.3, 0.4) is 0 Å². The standard InChI is InChI=1S/C25H27N5O.ClH/c26-18-9-11-30(14-18)24-19-2-1-3-21(19)28-22-7-6-16(12-20(22)24)17-8-10-27-23(13-17)29-25(31)15-4-5-15;/h6-8,10,12-13,15,18H,1-5,9,11,14,26H2,(H,27,29,31);1H/t18-;/m0./s1. The van der Waals surface area contributed by atoms with Gasteiger partial charge in [-0.3, -0.25) is 9.78 Å². The fourth-order valence-corrected chi connectivity index (χ4v) is 5.02. The maximum absolute atomic E-state index is 12.1. The molecule has 3 N–H and O–H groups in total. The normalized spacial score (nSPS) is 19.7. The molecule has 0 spiro atoms. The molecule has 1 amide bonds. The highest BCUT2D eigenvalue weighted by Gasteiger charge is 2.30. The van der Waals surface area contributed by atoms with Gasteiger partial charge in [0, 0.05) is 42.3 Å². The van der Waals surface area contributed by atoms with E-state index in [0.717, 1.165) is 61.8 Å². The van der Waals surface area contributed by atoms with E-state index < -0.39 is 0 Å². The molecule has 3 heterocycles. The zero-order chi connectivity index (χ0) is 20.9. The van der Waals surface area contributed by atoms with Crippen LogP contribution in [0, 0.1) is 5.92 Å². The highest BCUT2D eigenvalue weighted by Crippen LogP contribution is 2.39. The molecule has 1 aromatic carbocycles. The SMILES string of the molecule is Cl.N[C@H]1CCN(c2c3c(nc4ccc(-c5ccnc(NC(=O)C6CC6)c5)cc24)CCC3)C1. The average molecular weight is 450 g/mol. The molecule has 6 rings (SSSR count). The number of aryl methyl sites for hydroxylation is 1. The maximum atomic E-state index is 12.1. The van der Waals surface area contributed by atoms with Crippen LogP contribution in [0.2, 0.25) is 0 Å². The largest absolute Gasteiger partial charge is 0.369 e. The summed E-state index contributed by atoms with van der Waals surface area (Å²) >= 11 is 0. The predicted molar refractivity (Wildman–Crippen MR) is 130 cm³/mol. The molecule has 1 atom stereocenters. The Morgan fingerprint density at radius 3 is 2.72 bits per heavy atom. The third kappa shape index (κ3) is 3.82. The molecule has 3 aliphatic rings. The number of pyridine rings is 2. The van der Waals surface area contributed by atoms with Crippen molar-refractivity contribution in [3.8, 4) is 11.1 Å². The van der Waals surface area contributed by atoms with Crippen molar-refractivity contribution >= 4 is 40.7 Å². The summed E-state index contributed by atoms with van der Waals surface area (Å²) in [5, 5.41) is 4.16. The van der Waals surface area contributed by atoms with E-state index in [1.165, 1.54) is 28.8 Å². The summed E-state index contributed by atoms with van der Waals surface area (Å²) in [4.78, 5) is 24.0. The molecule has 0 unspecified atom stereocenters. The highest BCUT2D eigenvalue weighted by atomic mass is 35.5. The lowest BCUT2D eigenvalue weighted by atomic mass is 10.00. The van der Waals surface area contributed by atoms with Gasteiger partial charge < -0.3 is 16.0 Å². The van der Waals surface area contributed by atoms with Gasteiger partial charge in [0.2, 0.25) is 5.91 Å². The van der Waals surface area contributed by atoms with Crippen molar-refractivity contribution in [2.75, 3.05) is 23.3 Å². The number of hydrogen-bond donors (Lipinski definition) is 2. The van der Waals surface area contributed by atoms with Crippen LogP contribution in [0.15, 0.2) is 36.5 Å². The number of benzene rings is 1. The van der Waals surface area contributed by atoms with Gasteiger partial charge in [-0.05, 0) is 79.5 Å². The Morgan fingerprint density at radius 2 is 1.94 bits per heavy atom. The van der Waals surface area contributed by atoms with Gasteiger partial charge in [-0.2, -0.15) is 0 Å². The topological polar surface area (TPSA) is 84.1 Å². The molecule has 6 nitrogen and oxygen atoms in total. The van der Waals surface area contributed by atoms with Crippen LogP contribution < -0.4 is 16.0 Å². The number of nitrogens with zero attached hydrogens (tertiary/aromatic N) is 3. The minimum absolute atomic E-state index is 0. The lowest BCUT2D eigenvalue weighted by Gasteiger charge is -2.24. The summed E-state index contributed by atoms with van der Waals surface area (Å²) in [6.45, 7) is 1.91. The van der Waals surface area contributed by atoms with Crippen LogP contribution in [0.1, 0.15) is 36.9 Å². The third-order valence-electron chi connectivity index (χ3n) is 6.82. The molecular formula is C25H28ClN5O. The first kappa shape index (κ1) is 21.2. The van der Waals surface area contributed by atoms with Crippen molar-refractivity contribution < 1.29 is 4.79 Å². The van der Waals surface area contributed by atoms with E-state index in [2.05, 4.69) is 33.4 Å². The maximum Gasteiger partial charge on any atom is 0.228 e. The van der Waals surface area contributed by atoms with Crippen LogP contribution in [0.5, 0.6) is 0 Å². The summed E-state index contributed by atoms with van der Waals surface area (Å²) in [5.41, 5.74) is 13.5. The Labute approximate surface area is 194 Å². The summed E-state index contributed by atoms with van der Waals surface area (Å²) in [5.74, 6) is 0.858. The number of carbonyl (C=O) groups excluding carboxylic acids is 1. The fourth-order valence-electron chi connectivity index (χ4n) is 5.02. The van der Waals surface area contributed by atoms with Gasteiger partial charge in [-0.25, -0.2) is 4.98 Å². The molecule has 3 aromatic rings. The van der Waals surface area contributed by atoms with Gasteiger partial charge in [0.25, 0.3) is 0 Å². The smallest absolute Gasteiger partial charge is 0.228 e. The first-order valence-electron chi connectivity index (χ1n) is 11.4. The molecule has 2 aromatic heterocycles. The van der Waals surface area contributed by atoms with Gasteiger partial charge >= 0.3 is 0 Å². The molecule has 1 aliphatic heterocycles. The van der Waals surface area contributed by atoms with Crippen molar-refractivity contribution in [1.82, 2.24) is 9.97 Å². The fraction of sp³-hybridized carbons (Fsp3) is 0.400. The van der Waals surface area contributed by atoms with E-state index >= 15 is 0 Å². The molecule has 1 saturated carbocycles. The molecule has 1 saturated heterocycles. The molecule has 7 heteroatoms. The third-order valence-corrected chi connectivity index (χ3v) is 6.82. The number of hydrogen-bond acceptors (Lipinski definition) is 5. The first-order chi connectivity index (χ1) is 15.2. The Kier molecular flexibility index (Phi) is 5.51. The van der Waals surface area contributed by atoms with Crippen LogP contribution >= 0.6 is 12.4 Å². The Hall–Kier alpha value is -2.70. The zero-order valence-corrected chi connectivity index (χ0v) is 18.8. The molecule has 0 radical (unpaired) electrons. The van der Waals surface area contributed by atoms with E-state index in [4.69, 9.17) is 10.7 Å². The van der Waals surface area contributed by atoms with Gasteiger partial charge in [-0.15, -0.1) is 12.4 Å². The quantitative estimate of drug-likeness (QED) is 0.626. The summed E-state index contributed by atoms with van der Waals surface area (Å²) in [6.07, 6.45) is 8.10. The predicted octanol–water partition coefficient (Wildman–Crippen LogP) is 4.09. The number of carbonyl (C=O) groups is 1. The molecule has 0 bridgehead atoms. The van der Waals surface area contributed by atoms with E-state index in [0.29, 0.717) is 5.82 Å². The number of anilines is 2. The van der Waals surface area contributed by atoms with E-state index in [9.17, 15) is 4.79 Å². The van der Waals surface area contributed by atoms with E-state index in [1.807, 2.05) is 12.1 Å². The molecule has 2 fully saturated rings. The number of aromatic nitrogens is 2. The second kappa shape index (κ2) is 8.34. The number of nitrogens with two attached hydrogens (primary N) is 1. The van der Waals surface area contributed by atoms with Crippen LogP contribution in [0.25, 0.3) is 22.0 Å². The van der Waals surface area contributed by atoms with Gasteiger partial charge in [0.1, 0.15) is 5.82 Å². The average Bonchev–Trinajstić information content (AvgIpc) is 3.39. The number of nitrogens with one attached hydrogen (secondary N) is 1. The van der Waals surface area contributed by atoms with Crippen molar-refractivity contribution in [2.45, 2.75) is 44.6 Å². The second-order valence-corrected chi connectivity index (χ2v) is 9.16. The number of rotatable bonds is 4. The van der Waals surface area contributed by atoms with E-state index in [1.54, 1.807) is 6.20 Å². The highest BCUT2D eigenvalue weighted by molar-refractivity contribution is 5.98. The second-order valence-electron chi connectivity index (χ2n) is 9.16. The van der Waals surface area contributed by atoms with Crippen LogP contribution in [0.4, 0.5) is 11.5 Å². The Balaban J connectivity index is 0.00000216. The van der Waals surface area contributed by atoms with Crippen molar-refractivity contribution in [1.29, 1.82) is 0 Å².